The molecule has 0 unspecified atom stereocenters. The summed E-state index contributed by atoms with van der Waals surface area (Å²) < 4.78 is 10.8. The van der Waals surface area contributed by atoms with Crippen LogP contribution >= 0.6 is 0 Å². The molecule has 6 nitrogen and oxygen atoms in total. The van der Waals surface area contributed by atoms with Gasteiger partial charge in [0.1, 0.15) is 11.5 Å². The second-order valence-corrected chi connectivity index (χ2v) is 5.10. The van der Waals surface area contributed by atoms with Crippen molar-refractivity contribution in [3.05, 3.63) is 48.4 Å². The Labute approximate surface area is 127 Å². The number of rotatable bonds is 4. The fraction of sp³-hybridized carbons (Fsp3) is 0.250. The molecular weight excluding hydrogens is 284 g/mol. The first kappa shape index (κ1) is 14.2. The number of ether oxygens (including phenoxy) is 1. The Morgan fingerprint density at radius 3 is 2.91 bits per heavy atom. The van der Waals surface area contributed by atoms with Crippen molar-refractivity contribution in [1.82, 2.24) is 5.32 Å². The number of nitrogens with one attached hydrogen (secondary N) is 2. The molecule has 0 aliphatic carbocycles. The van der Waals surface area contributed by atoms with Crippen LogP contribution in [-0.4, -0.2) is 17.9 Å². The third kappa shape index (κ3) is 2.95. The van der Waals surface area contributed by atoms with Crippen molar-refractivity contribution in [3.63, 3.8) is 0 Å². The molecule has 1 aliphatic rings. The van der Waals surface area contributed by atoms with Crippen LogP contribution in [0, 0.1) is 0 Å². The highest BCUT2D eigenvalue weighted by Gasteiger charge is 2.30. The van der Waals surface area contributed by atoms with Crippen molar-refractivity contribution < 1.29 is 18.7 Å². The summed E-state index contributed by atoms with van der Waals surface area (Å²) in [5.74, 6) is 0.634. The van der Waals surface area contributed by atoms with Crippen molar-refractivity contribution in [2.75, 3.05) is 5.32 Å². The molecule has 0 radical (unpaired) electrons. The molecular formula is C16H16N2O4. The lowest BCUT2D eigenvalue weighted by molar-refractivity contribution is -0.130. The number of amides is 2. The second kappa shape index (κ2) is 5.93. The fourth-order valence-corrected chi connectivity index (χ4v) is 2.30. The molecule has 3 rings (SSSR count). The topological polar surface area (TPSA) is 80.6 Å². The van der Waals surface area contributed by atoms with E-state index in [0.717, 1.165) is 0 Å². The van der Waals surface area contributed by atoms with Crippen molar-refractivity contribution in [3.8, 4) is 5.75 Å². The number of furan rings is 1. The largest absolute Gasteiger partial charge is 0.478 e. The Balaban J connectivity index is 1.61. The molecule has 2 aromatic rings. The van der Waals surface area contributed by atoms with Gasteiger partial charge in [-0.2, -0.15) is 0 Å². The van der Waals surface area contributed by atoms with Gasteiger partial charge in [0.15, 0.2) is 6.10 Å². The van der Waals surface area contributed by atoms with E-state index in [1.807, 2.05) is 13.0 Å². The maximum atomic E-state index is 12.1. The number of carbonyl (C=O) groups excluding carboxylic acids is 2. The molecule has 1 aromatic heterocycles. The zero-order valence-corrected chi connectivity index (χ0v) is 12.0. The zero-order valence-electron chi connectivity index (χ0n) is 12.0. The summed E-state index contributed by atoms with van der Waals surface area (Å²) in [7, 11) is 0. The van der Waals surface area contributed by atoms with Gasteiger partial charge in [0.25, 0.3) is 5.91 Å². The van der Waals surface area contributed by atoms with E-state index in [1.54, 1.807) is 36.6 Å². The first-order chi connectivity index (χ1) is 10.6. The molecule has 0 bridgehead atoms. The quantitative estimate of drug-likeness (QED) is 0.907. The van der Waals surface area contributed by atoms with E-state index in [1.165, 1.54) is 0 Å². The third-order valence-corrected chi connectivity index (χ3v) is 3.42. The fourth-order valence-electron chi connectivity index (χ4n) is 2.30. The van der Waals surface area contributed by atoms with Crippen molar-refractivity contribution >= 4 is 17.5 Å². The highest BCUT2D eigenvalue weighted by atomic mass is 16.5. The summed E-state index contributed by atoms with van der Waals surface area (Å²) in [4.78, 5) is 24.0. The van der Waals surface area contributed by atoms with Crippen molar-refractivity contribution in [2.45, 2.75) is 25.5 Å². The van der Waals surface area contributed by atoms with Crippen LogP contribution in [0.1, 0.15) is 25.1 Å². The molecule has 2 heterocycles. The number of hydrogen-bond donors (Lipinski definition) is 2. The summed E-state index contributed by atoms with van der Waals surface area (Å²) in [5.41, 5.74) is 0.619. The summed E-state index contributed by atoms with van der Waals surface area (Å²) in [5, 5.41) is 5.52. The van der Waals surface area contributed by atoms with Gasteiger partial charge in [-0.3, -0.25) is 9.59 Å². The summed E-state index contributed by atoms with van der Waals surface area (Å²) in [6.07, 6.45) is 0.663. The van der Waals surface area contributed by atoms with Crippen LogP contribution in [0.2, 0.25) is 0 Å². The molecule has 2 amide bonds. The number of carbonyl (C=O) groups is 2. The van der Waals surface area contributed by atoms with Gasteiger partial charge in [0, 0.05) is 0 Å². The second-order valence-electron chi connectivity index (χ2n) is 5.10. The summed E-state index contributed by atoms with van der Waals surface area (Å²) >= 11 is 0. The van der Waals surface area contributed by atoms with E-state index in [-0.39, 0.29) is 24.3 Å². The van der Waals surface area contributed by atoms with Gasteiger partial charge in [-0.05, 0) is 31.2 Å². The van der Waals surface area contributed by atoms with Crippen molar-refractivity contribution in [2.24, 2.45) is 0 Å². The van der Waals surface area contributed by atoms with Crippen LogP contribution in [0.15, 0.2) is 47.1 Å². The first-order valence-electron chi connectivity index (χ1n) is 7.03. The Bertz CT molecular complexity index is 681. The number of benzene rings is 1. The van der Waals surface area contributed by atoms with E-state index >= 15 is 0 Å². The van der Waals surface area contributed by atoms with E-state index in [0.29, 0.717) is 17.2 Å². The predicted molar refractivity (Wildman–Crippen MR) is 79.4 cm³/mol. The molecule has 0 saturated heterocycles. The number of hydrogen-bond acceptors (Lipinski definition) is 4. The van der Waals surface area contributed by atoms with Crippen LogP contribution in [0.4, 0.5) is 5.69 Å². The average Bonchev–Trinajstić information content (AvgIpc) is 3.02. The van der Waals surface area contributed by atoms with Gasteiger partial charge >= 0.3 is 0 Å². The molecule has 2 N–H and O–H groups in total. The average molecular weight is 300 g/mol. The summed E-state index contributed by atoms with van der Waals surface area (Å²) in [6.45, 7) is 1.81. The molecule has 6 heteroatoms. The monoisotopic (exact) mass is 300 g/mol. The van der Waals surface area contributed by atoms with Crippen LogP contribution < -0.4 is 15.4 Å². The lowest BCUT2D eigenvalue weighted by Gasteiger charge is -2.25. The standard InChI is InChI=1S/C16H16N2O4/c1-10(12-7-4-8-21-12)17-15(19)9-14-16(20)18-11-5-2-3-6-13(11)22-14/h2-8,10,14H,9H2,1H3,(H,17,19)(H,18,20)/t10-,14+/m0/s1. The number of fused-ring (bicyclic) bond motifs is 1. The first-order valence-corrected chi connectivity index (χ1v) is 7.03. The smallest absolute Gasteiger partial charge is 0.266 e. The van der Waals surface area contributed by atoms with Gasteiger partial charge in [-0.1, -0.05) is 12.1 Å². The molecule has 22 heavy (non-hydrogen) atoms. The highest BCUT2D eigenvalue weighted by molar-refractivity contribution is 5.99. The number of para-hydroxylation sites is 2. The Morgan fingerprint density at radius 1 is 1.32 bits per heavy atom. The minimum Gasteiger partial charge on any atom is -0.478 e. The molecule has 0 spiro atoms. The van der Waals surface area contributed by atoms with E-state index in [9.17, 15) is 9.59 Å². The van der Waals surface area contributed by atoms with Gasteiger partial charge < -0.3 is 19.8 Å². The van der Waals surface area contributed by atoms with Crippen LogP contribution in [0.3, 0.4) is 0 Å². The molecule has 2 atom stereocenters. The highest BCUT2D eigenvalue weighted by Crippen LogP contribution is 2.29. The molecule has 0 fully saturated rings. The van der Waals surface area contributed by atoms with E-state index in [4.69, 9.17) is 9.15 Å². The number of anilines is 1. The normalized spacial score (nSPS) is 17.9. The molecule has 0 saturated carbocycles. The third-order valence-electron chi connectivity index (χ3n) is 3.42. The van der Waals surface area contributed by atoms with Crippen molar-refractivity contribution in [1.29, 1.82) is 0 Å². The lowest BCUT2D eigenvalue weighted by atomic mass is 10.1. The SMILES string of the molecule is C[C@H](NC(=O)C[C@H]1Oc2ccccc2NC1=O)c1ccco1. The summed E-state index contributed by atoms with van der Waals surface area (Å²) in [6, 6.07) is 10.4. The maximum Gasteiger partial charge on any atom is 0.266 e. The Kier molecular flexibility index (Phi) is 3.82. The zero-order chi connectivity index (χ0) is 15.5. The Hall–Kier alpha value is -2.76. The van der Waals surface area contributed by atoms with Crippen LogP contribution in [-0.2, 0) is 9.59 Å². The molecule has 114 valence electrons. The lowest BCUT2D eigenvalue weighted by Crippen LogP contribution is -2.41. The maximum absolute atomic E-state index is 12.1. The van der Waals surface area contributed by atoms with Gasteiger partial charge in [0.2, 0.25) is 5.91 Å². The predicted octanol–water partition coefficient (Wildman–Crippen LogP) is 2.25. The molecule has 1 aromatic carbocycles. The van der Waals surface area contributed by atoms with Crippen LogP contribution in [0.25, 0.3) is 0 Å². The van der Waals surface area contributed by atoms with Gasteiger partial charge in [0.05, 0.1) is 24.4 Å². The van der Waals surface area contributed by atoms with Gasteiger partial charge in [-0.15, -0.1) is 0 Å². The minimum atomic E-state index is -0.835. The molecule has 1 aliphatic heterocycles. The minimum absolute atomic E-state index is 0.0504. The van der Waals surface area contributed by atoms with E-state index < -0.39 is 6.10 Å². The van der Waals surface area contributed by atoms with E-state index in [2.05, 4.69) is 10.6 Å². The van der Waals surface area contributed by atoms with Gasteiger partial charge in [-0.25, -0.2) is 0 Å². The Morgan fingerprint density at radius 2 is 2.14 bits per heavy atom. The van der Waals surface area contributed by atoms with Crippen LogP contribution in [0.5, 0.6) is 5.75 Å².